The van der Waals surface area contributed by atoms with Gasteiger partial charge in [0.05, 0.1) is 14.2 Å². The molecule has 7 nitrogen and oxygen atoms in total. The molecular weight excluding hydrogens is 332 g/mol. The Morgan fingerprint density at radius 3 is 2.38 bits per heavy atom. The number of para-hydroxylation sites is 1. The lowest BCUT2D eigenvalue weighted by Gasteiger charge is -2.11. The summed E-state index contributed by atoms with van der Waals surface area (Å²) in [4.78, 5) is 20.6. The molecule has 3 rings (SSSR count). The molecule has 0 fully saturated rings. The van der Waals surface area contributed by atoms with Crippen molar-refractivity contribution < 1.29 is 14.3 Å². The van der Waals surface area contributed by atoms with Crippen molar-refractivity contribution in [2.24, 2.45) is 0 Å². The van der Waals surface area contributed by atoms with E-state index < -0.39 is 0 Å². The highest BCUT2D eigenvalue weighted by molar-refractivity contribution is 6.03. The number of methoxy groups -OCH3 is 2. The van der Waals surface area contributed by atoms with E-state index in [2.05, 4.69) is 20.6 Å². The van der Waals surface area contributed by atoms with Gasteiger partial charge in [0, 0.05) is 23.5 Å². The highest BCUT2D eigenvalue weighted by Crippen LogP contribution is 2.29. The Morgan fingerprint density at radius 1 is 0.885 bits per heavy atom. The number of carbonyl (C=O) groups is 1. The first kappa shape index (κ1) is 17.2. The van der Waals surface area contributed by atoms with E-state index in [1.807, 2.05) is 30.3 Å². The summed E-state index contributed by atoms with van der Waals surface area (Å²) < 4.78 is 10.4. The van der Waals surface area contributed by atoms with Crippen molar-refractivity contribution in [2.45, 2.75) is 0 Å². The van der Waals surface area contributed by atoms with Gasteiger partial charge in [-0.2, -0.15) is 0 Å². The molecule has 26 heavy (non-hydrogen) atoms. The number of ether oxygens (including phenoxy) is 2. The number of benzene rings is 2. The van der Waals surface area contributed by atoms with Gasteiger partial charge in [0.2, 0.25) is 0 Å². The molecule has 0 bridgehead atoms. The van der Waals surface area contributed by atoms with Crippen molar-refractivity contribution in [3.05, 3.63) is 66.6 Å². The van der Waals surface area contributed by atoms with Gasteiger partial charge in [-0.05, 0) is 24.3 Å². The number of aromatic nitrogens is 2. The number of hydrogen-bond donors (Lipinski definition) is 2. The van der Waals surface area contributed by atoms with E-state index in [9.17, 15) is 4.79 Å². The van der Waals surface area contributed by atoms with Crippen LogP contribution in [0, 0.1) is 0 Å². The summed E-state index contributed by atoms with van der Waals surface area (Å²) in [5, 5.41) is 5.91. The summed E-state index contributed by atoms with van der Waals surface area (Å²) in [6.07, 6.45) is 1.34. The number of nitrogens with one attached hydrogen (secondary N) is 2. The third kappa shape index (κ3) is 4.07. The van der Waals surface area contributed by atoms with Crippen LogP contribution in [0.5, 0.6) is 11.5 Å². The molecule has 3 aromatic rings. The fraction of sp³-hybridized carbons (Fsp3) is 0.105. The predicted octanol–water partition coefficient (Wildman–Crippen LogP) is 3.49. The summed E-state index contributed by atoms with van der Waals surface area (Å²) in [5.41, 5.74) is 1.69. The molecule has 2 N–H and O–H groups in total. The van der Waals surface area contributed by atoms with E-state index in [0.717, 1.165) is 5.69 Å². The van der Waals surface area contributed by atoms with Crippen molar-refractivity contribution in [3.8, 4) is 11.5 Å². The van der Waals surface area contributed by atoms with Crippen LogP contribution in [0.1, 0.15) is 10.5 Å². The molecule has 132 valence electrons. The lowest BCUT2D eigenvalue weighted by atomic mass is 10.2. The van der Waals surface area contributed by atoms with Crippen LogP contribution in [0.2, 0.25) is 0 Å². The average molecular weight is 350 g/mol. The van der Waals surface area contributed by atoms with Crippen LogP contribution in [-0.2, 0) is 0 Å². The Hall–Kier alpha value is -3.61. The van der Waals surface area contributed by atoms with Crippen LogP contribution in [-0.4, -0.2) is 30.1 Å². The maximum Gasteiger partial charge on any atom is 0.274 e. The number of hydrogen-bond acceptors (Lipinski definition) is 6. The number of carbonyl (C=O) groups excluding carboxylic acids is 1. The van der Waals surface area contributed by atoms with Gasteiger partial charge < -0.3 is 20.1 Å². The van der Waals surface area contributed by atoms with Crippen LogP contribution in [0.15, 0.2) is 60.9 Å². The van der Waals surface area contributed by atoms with Gasteiger partial charge in [0.15, 0.2) is 11.5 Å². The van der Waals surface area contributed by atoms with Gasteiger partial charge in [0.25, 0.3) is 5.91 Å². The van der Waals surface area contributed by atoms with Crippen LogP contribution in [0.4, 0.5) is 17.2 Å². The van der Waals surface area contributed by atoms with Gasteiger partial charge in [-0.15, -0.1) is 0 Å². The van der Waals surface area contributed by atoms with Crippen molar-refractivity contribution in [1.82, 2.24) is 9.97 Å². The lowest BCUT2D eigenvalue weighted by molar-refractivity contribution is 0.102. The van der Waals surface area contributed by atoms with Crippen molar-refractivity contribution in [3.63, 3.8) is 0 Å². The zero-order valence-corrected chi connectivity index (χ0v) is 14.4. The molecule has 7 heteroatoms. The molecule has 0 atom stereocenters. The van der Waals surface area contributed by atoms with Crippen molar-refractivity contribution >= 4 is 23.1 Å². The maximum atomic E-state index is 12.5. The molecule has 1 heterocycles. The molecule has 1 amide bonds. The third-order valence-electron chi connectivity index (χ3n) is 3.59. The Morgan fingerprint density at radius 2 is 1.65 bits per heavy atom. The van der Waals surface area contributed by atoms with Gasteiger partial charge >= 0.3 is 0 Å². The average Bonchev–Trinajstić information content (AvgIpc) is 2.69. The van der Waals surface area contributed by atoms with Crippen LogP contribution in [0.3, 0.4) is 0 Å². The van der Waals surface area contributed by atoms with Gasteiger partial charge in [0.1, 0.15) is 17.8 Å². The fourth-order valence-corrected chi connectivity index (χ4v) is 2.33. The smallest absolute Gasteiger partial charge is 0.274 e. The lowest BCUT2D eigenvalue weighted by Crippen LogP contribution is -2.14. The first-order chi connectivity index (χ1) is 12.7. The second-order valence-corrected chi connectivity index (χ2v) is 5.30. The molecule has 2 aromatic carbocycles. The molecule has 0 aliphatic rings. The minimum atomic E-state index is -0.351. The predicted molar refractivity (Wildman–Crippen MR) is 99.3 cm³/mol. The van der Waals surface area contributed by atoms with Crippen LogP contribution < -0.4 is 20.1 Å². The van der Waals surface area contributed by atoms with Gasteiger partial charge in [-0.1, -0.05) is 18.2 Å². The largest absolute Gasteiger partial charge is 0.493 e. The highest BCUT2D eigenvalue weighted by Gasteiger charge is 2.11. The Labute approximate surface area is 151 Å². The molecule has 0 unspecified atom stereocenters. The van der Waals surface area contributed by atoms with E-state index in [-0.39, 0.29) is 11.6 Å². The summed E-state index contributed by atoms with van der Waals surface area (Å²) in [6, 6.07) is 16.3. The molecule has 0 saturated heterocycles. The zero-order chi connectivity index (χ0) is 18.4. The molecule has 0 aliphatic heterocycles. The summed E-state index contributed by atoms with van der Waals surface area (Å²) in [6.45, 7) is 0. The molecule has 1 aromatic heterocycles. The minimum Gasteiger partial charge on any atom is -0.493 e. The van der Waals surface area contributed by atoms with Crippen molar-refractivity contribution in [1.29, 1.82) is 0 Å². The first-order valence-electron chi connectivity index (χ1n) is 7.87. The summed E-state index contributed by atoms with van der Waals surface area (Å²) >= 11 is 0. The summed E-state index contributed by atoms with van der Waals surface area (Å²) in [5.74, 6) is 1.29. The normalized spacial score (nSPS) is 10.1. The Kier molecular flexibility index (Phi) is 5.28. The molecule has 0 spiro atoms. The Balaban J connectivity index is 1.75. The monoisotopic (exact) mass is 350 g/mol. The van der Waals surface area contributed by atoms with Crippen molar-refractivity contribution in [2.75, 3.05) is 24.9 Å². The fourth-order valence-electron chi connectivity index (χ4n) is 2.33. The second kappa shape index (κ2) is 7.98. The zero-order valence-electron chi connectivity index (χ0n) is 14.4. The number of amides is 1. The number of rotatable bonds is 6. The second-order valence-electron chi connectivity index (χ2n) is 5.30. The standard InChI is InChI=1S/C19H18N4O3/c1-25-16-9-8-14(10-17(16)26-2)23-19(24)15-11-18(21-12-20-15)22-13-6-4-3-5-7-13/h3-12H,1-2H3,(H,23,24)(H,20,21,22). The topological polar surface area (TPSA) is 85.4 Å². The van der Waals surface area contributed by atoms with E-state index in [1.54, 1.807) is 31.4 Å². The third-order valence-corrected chi connectivity index (χ3v) is 3.59. The molecule has 0 radical (unpaired) electrons. The molecule has 0 aliphatic carbocycles. The van der Waals surface area contributed by atoms with Crippen LogP contribution in [0.25, 0.3) is 0 Å². The number of nitrogens with zero attached hydrogens (tertiary/aromatic N) is 2. The van der Waals surface area contributed by atoms with E-state index in [4.69, 9.17) is 9.47 Å². The highest BCUT2D eigenvalue weighted by atomic mass is 16.5. The Bertz CT molecular complexity index is 900. The quantitative estimate of drug-likeness (QED) is 0.708. The van der Waals surface area contributed by atoms with Gasteiger partial charge in [-0.3, -0.25) is 4.79 Å². The molecule has 0 saturated carbocycles. The number of anilines is 3. The SMILES string of the molecule is COc1ccc(NC(=O)c2cc(Nc3ccccc3)ncn2)cc1OC. The van der Waals surface area contributed by atoms with Crippen LogP contribution >= 0.6 is 0 Å². The van der Waals surface area contributed by atoms with E-state index in [0.29, 0.717) is 23.0 Å². The maximum absolute atomic E-state index is 12.5. The van der Waals surface area contributed by atoms with Gasteiger partial charge in [-0.25, -0.2) is 9.97 Å². The minimum absolute atomic E-state index is 0.244. The summed E-state index contributed by atoms with van der Waals surface area (Å²) in [7, 11) is 3.09. The first-order valence-corrected chi connectivity index (χ1v) is 7.87. The molecular formula is C19H18N4O3. The van der Waals surface area contributed by atoms with E-state index >= 15 is 0 Å². The van der Waals surface area contributed by atoms with E-state index in [1.165, 1.54) is 13.4 Å².